The molecule has 122 valence electrons. The maximum Gasteiger partial charge on any atom is 0.231 e. The molecule has 2 aromatic carbocycles. The molecule has 25 heavy (non-hydrogen) atoms. The van der Waals surface area contributed by atoms with E-state index >= 15 is 0 Å². The largest absolute Gasteiger partial charge is 0.454 e. The summed E-state index contributed by atoms with van der Waals surface area (Å²) in [6.45, 7) is 0.249. The van der Waals surface area contributed by atoms with E-state index in [0.717, 1.165) is 45.2 Å². The van der Waals surface area contributed by atoms with E-state index in [1.54, 1.807) is 0 Å². The molecule has 2 heterocycles. The normalized spacial score (nSPS) is 16.5. The van der Waals surface area contributed by atoms with E-state index in [-0.39, 0.29) is 12.6 Å². The lowest BCUT2D eigenvalue weighted by atomic mass is 10.1. The highest BCUT2D eigenvalue weighted by atomic mass is 16.7. The van der Waals surface area contributed by atoms with Crippen molar-refractivity contribution in [3.63, 3.8) is 0 Å². The summed E-state index contributed by atoms with van der Waals surface area (Å²) in [5.74, 6) is 1.56. The van der Waals surface area contributed by atoms with Gasteiger partial charge in [0.2, 0.25) is 6.79 Å². The number of rotatable bonds is 2. The molecule has 0 saturated heterocycles. The van der Waals surface area contributed by atoms with Crippen molar-refractivity contribution >= 4 is 11.9 Å². The number of nitrogens with one attached hydrogen (secondary N) is 1. The first-order chi connectivity index (χ1) is 12.3. The predicted octanol–water partition coefficient (Wildman–Crippen LogP) is 3.63. The minimum Gasteiger partial charge on any atom is -0.454 e. The van der Waals surface area contributed by atoms with Crippen molar-refractivity contribution in [2.75, 3.05) is 6.79 Å². The van der Waals surface area contributed by atoms with Crippen LogP contribution >= 0.6 is 0 Å². The van der Waals surface area contributed by atoms with Crippen LogP contribution in [0, 0.1) is 0 Å². The number of benzene rings is 2. The minimum absolute atomic E-state index is 0.0924. The van der Waals surface area contributed by atoms with Crippen molar-refractivity contribution in [3.05, 3.63) is 70.9 Å². The van der Waals surface area contributed by atoms with Crippen LogP contribution in [0.1, 0.15) is 21.6 Å². The first-order valence-corrected chi connectivity index (χ1v) is 8.06. The Hall–Kier alpha value is -3.34. The topological polar surface area (TPSA) is 64.2 Å². The maximum atomic E-state index is 12.5. The molecule has 0 fully saturated rings. The number of nitrogens with zero attached hydrogens (tertiary/aromatic N) is 1. The van der Waals surface area contributed by atoms with Gasteiger partial charge >= 0.3 is 0 Å². The van der Waals surface area contributed by atoms with Gasteiger partial charge in [-0.3, -0.25) is 9.89 Å². The van der Waals surface area contributed by atoms with Crippen molar-refractivity contribution in [2.45, 2.75) is 6.42 Å². The zero-order chi connectivity index (χ0) is 16.8. The summed E-state index contributed by atoms with van der Waals surface area (Å²) in [5.41, 5.74) is 5.20. The van der Waals surface area contributed by atoms with Crippen LogP contribution in [0.25, 0.3) is 17.3 Å². The second kappa shape index (κ2) is 5.34. The molecule has 5 heteroatoms. The molecular formula is C20H14N2O3. The average Bonchev–Trinajstić information content (AvgIpc) is 3.35. The Bertz CT molecular complexity index is 1030. The molecule has 5 rings (SSSR count). The summed E-state index contributed by atoms with van der Waals surface area (Å²) in [5, 5.41) is 7.35. The number of ether oxygens (including phenoxy) is 2. The van der Waals surface area contributed by atoms with Crippen LogP contribution in [-0.4, -0.2) is 22.8 Å². The third kappa shape index (κ3) is 2.32. The van der Waals surface area contributed by atoms with Gasteiger partial charge in [-0.25, -0.2) is 0 Å². The molecular weight excluding hydrogens is 316 g/mol. The third-order valence-corrected chi connectivity index (χ3v) is 4.53. The highest BCUT2D eigenvalue weighted by Crippen LogP contribution is 2.35. The fourth-order valence-corrected chi connectivity index (χ4v) is 3.27. The van der Waals surface area contributed by atoms with Crippen molar-refractivity contribution in [1.82, 2.24) is 10.2 Å². The Morgan fingerprint density at radius 1 is 1.04 bits per heavy atom. The molecule has 2 aliphatic rings. The van der Waals surface area contributed by atoms with E-state index in [0.29, 0.717) is 6.42 Å². The summed E-state index contributed by atoms with van der Waals surface area (Å²) in [7, 11) is 0. The fourth-order valence-electron chi connectivity index (χ4n) is 3.27. The number of carbonyl (C=O) groups excluding carboxylic acids is 1. The summed E-state index contributed by atoms with van der Waals surface area (Å²) in [6, 6.07) is 15.4. The van der Waals surface area contributed by atoms with Gasteiger partial charge in [-0.2, -0.15) is 5.10 Å². The zero-order valence-electron chi connectivity index (χ0n) is 13.3. The first-order valence-electron chi connectivity index (χ1n) is 8.06. The monoisotopic (exact) mass is 330 g/mol. The Labute approximate surface area is 143 Å². The van der Waals surface area contributed by atoms with E-state index in [9.17, 15) is 4.79 Å². The lowest BCUT2D eigenvalue weighted by Crippen LogP contribution is -1.94. The van der Waals surface area contributed by atoms with Crippen LogP contribution in [0.5, 0.6) is 11.5 Å². The molecule has 0 radical (unpaired) electrons. The number of aromatic nitrogens is 2. The Balaban J connectivity index is 1.45. The quantitative estimate of drug-likeness (QED) is 0.729. The Morgan fingerprint density at radius 2 is 1.92 bits per heavy atom. The summed E-state index contributed by atoms with van der Waals surface area (Å²) in [6.07, 6.45) is 2.54. The van der Waals surface area contributed by atoms with E-state index in [1.807, 2.05) is 54.6 Å². The molecule has 1 aromatic heterocycles. The molecule has 1 aliphatic carbocycles. The number of allylic oxidation sites excluding steroid dienone is 1. The minimum atomic E-state index is 0.0924. The third-order valence-electron chi connectivity index (χ3n) is 4.53. The van der Waals surface area contributed by atoms with Gasteiger partial charge in [0.1, 0.15) is 0 Å². The molecule has 0 saturated carbocycles. The number of fused-ring (bicyclic) bond motifs is 2. The fraction of sp³-hybridized carbons (Fsp3) is 0.100. The first kappa shape index (κ1) is 14.0. The van der Waals surface area contributed by atoms with Crippen molar-refractivity contribution in [1.29, 1.82) is 0 Å². The van der Waals surface area contributed by atoms with Crippen LogP contribution in [0.4, 0.5) is 0 Å². The van der Waals surface area contributed by atoms with Crippen LogP contribution in [-0.2, 0) is 6.42 Å². The molecule has 0 bridgehead atoms. The molecule has 5 nitrogen and oxygen atoms in total. The summed E-state index contributed by atoms with van der Waals surface area (Å²) < 4.78 is 10.7. The van der Waals surface area contributed by atoms with E-state index < -0.39 is 0 Å². The second-order valence-corrected chi connectivity index (χ2v) is 6.11. The Morgan fingerprint density at radius 3 is 2.84 bits per heavy atom. The highest BCUT2D eigenvalue weighted by molar-refractivity contribution is 6.15. The molecule has 1 aliphatic heterocycles. The number of H-pyrrole nitrogens is 1. The summed E-state index contributed by atoms with van der Waals surface area (Å²) >= 11 is 0. The lowest BCUT2D eigenvalue weighted by Gasteiger charge is -1.98. The second-order valence-electron chi connectivity index (χ2n) is 6.11. The lowest BCUT2D eigenvalue weighted by molar-refractivity contribution is 0.104. The molecule has 3 aromatic rings. The molecule has 1 N–H and O–H groups in total. The van der Waals surface area contributed by atoms with Gasteiger partial charge in [-0.1, -0.05) is 24.3 Å². The molecule has 0 atom stereocenters. The van der Waals surface area contributed by atoms with E-state index in [1.165, 1.54) is 0 Å². The van der Waals surface area contributed by atoms with Gasteiger partial charge < -0.3 is 9.47 Å². The van der Waals surface area contributed by atoms with Crippen LogP contribution in [0.3, 0.4) is 0 Å². The van der Waals surface area contributed by atoms with Gasteiger partial charge in [0.25, 0.3) is 0 Å². The highest BCUT2D eigenvalue weighted by Gasteiger charge is 2.24. The van der Waals surface area contributed by atoms with Crippen molar-refractivity contribution in [2.24, 2.45) is 0 Å². The predicted molar refractivity (Wildman–Crippen MR) is 92.6 cm³/mol. The van der Waals surface area contributed by atoms with E-state index in [2.05, 4.69) is 10.2 Å². The molecule has 0 amide bonds. The van der Waals surface area contributed by atoms with Gasteiger partial charge in [-0.05, 0) is 35.9 Å². The standard InChI is InChI=1S/C20H14N2O3/c23-20-14(7-12-3-1-2-4-16(12)20)8-15-10-17(22-21-15)13-5-6-18-19(9-13)25-11-24-18/h1-6,8-10H,7,11H2,(H,21,22)/b14-8+. The molecule has 0 spiro atoms. The van der Waals surface area contributed by atoms with Crippen LogP contribution < -0.4 is 9.47 Å². The molecule has 0 unspecified atom stereocenters. The zero-order valence-corrected chi connectivity index (χ0v) is 13.3. The van der Waals surface area contributed by atoms with Gasteiger partial charge in [0.05, 0.1) is 11.4 Å². The number of ketones is 1. The van der Waals surface area contributed by atoms with Crippen molar-refractivity contribution < 1.29 is 14.3 Å². The van der Waals surface area contributed by atoms with Gasteiger partial charge in [-0.15, -0.1) is 0 Å². The van der Waals surface area contributed by atoms with E-state index in [4.69, 9.17) is 9.47 Å². The number of hydrogen-bond acceptors (Lipinski definition) is 4. The summed E-state index contributed by atoms with van der Waals surface area (Å²) in [4.78, 5) is 12.5. The van der Waals surface area contributed by atoms with Crippen molar-refractivity contribution in [3.8, 4) is 22.8 Å². The van der Waals surface area contributed by atoms with Gasteiger partial charge in [0, 0.05) is 23.1 Å². The number of aromatic amines is 1. The van der Waals surface area contributed by atoms with Crippen LogP contribution in [0.2, 0.25) is 0 Å². The van der Waals surface area contributed by atoms with Crippen LogP contribution in [0.15, 0.2) is 54.1 Å². The maximum absolute atomic E-state index is 12.5. The van der Waals surface area contributed by atoms with Gasteiger partial charge in [0.15, 0.2) is 17.3 Å². The number of hydrogen-bond donors (Lipinski definition) is 1. The smallest absolute Gasteiger partial charge is 0.231 e. The average molecular weight is 330 g/mol. The number of carbonyl (C=O) groups is 1. The Kier molecular flexibility index (Phi) is 3.00. The SMILES string of the molecule is O=C1/C(=C/c2cc(-c3ccc4c(c3)OCO4)n[nH]2)Cc2ccccc21. The number of Topliss-reactive ketones (excluding diaryl/α,β-unsaturated/α-hetero) is 1.